The van der Waals surface area contributed by atoms with Crippen LogP contribution in [0.5, 0.6) is 0 Å². The lowest BCUT2D eigenvalue weighted by Gasteiger charge is -2.03. The normalized spacial score (nSPS) is 13.0. The topological polar surface area (TPSA) is 55.1 Å². The van der Waals surface area contributed by atoms with E-state index in [4.69, 9.17) is 5.11 Å². The molecule has 0 saturated heterocycles. The van der Waals surface area contributed by atoms with Crippen LogP contribution in [-0.4, -0.2) is 21.2 Å². The predicted octanol–water partition coefficient (Wildman–Crippen LogP) is 0.415. The van der Waals surface area contributed by atoms with E-state index in [9.17, 15) is 4.79 Å². The van der Waals surface area contributed by atoms with Crippen LogP contribution >= 0.6 is 15.9 Å². The van der Waals surface area contributed by atoms with Crippen LogP contribution in [0.3, 0.4) is 0 Å². The number of hydrogen-bond donors (Lipinski definition) is 1. The van der Waals surface area contributed by atoms with Crippen molar-refractivity contribution in [1.82, 2.24) is 9.78 Å². The van der Waals surface area contributed by atoms with Crippen molar-refractivity contribution in [3.63, 3.8) is 0 Å². The van der Waals surface area contributed by atoms with E-state index in [1.54, 1.807) is 7.05 Å². The molecule has 1 rings (SSSR count). The van der Waals surface area contributed by atoms with Gasteiger partial charge in [0, 0.05) is 7.05 Å². The van der Waals surface area contributed by atoms with Gasteiger partial charge in [0.05, 0.1) is 16.4 Å². The summed E-state index contributed by atoms with van der Waals surface area (Å²) in [5, 5.41) is 13.0. The molecule has 0 aliphatic rings. The largest absolute Gasteiger partial charge is 0.379 e. The number of aldehydes is 1. The number of carbonyl (C=O) groups excluding carboxylic acids is 1. The summed E-state index contributed by atoms with van der Waals surface area (Å²) in [5.41, 5.74) is 0.472. The number of aromatic nitrogens is 2. The standard InChI is InChI=1S/C6H7BrN2O2/c1-9-6(5(11)3-10)4(7)2-8-9/h2-3,5,11H,1H3. The van der Waals surface area contributed by atoms with E-state index in [2.05, 4.69) is 21.0 Å². The summed E-state index contributed by atoms with van der Waals surface area (Å²) in [5.74, 6) is 0. The third-order valence-electron chi connectivity index (χ3n) is 1.35. The monoisotopic (exact) mass is 218 g/mol. The number of hydrogen-bond acceptors (Lipinski definition) is 3. The van der Waals surface area contributed by atoms with E-state index >= 15 is 0 Å². The quantitative estimate of drug-likeness (QED) is 0.733. The Kier molecular flexibility index (Phi) is 2.41. The summed E-state index contributed by atoms with van der Waals surface area (Å²) in [6, 6.07) is 0. The highest BCUT2D eigenvalue weighted by Gasteiger charge is 2.14. The third kappa shape index (κ3) is 1.49. The van der Waals surface area contributed by atoms with Gasteiger partial charge in [-0.15, -0.1) is 0 Å². The van der Waals surface area contributed by atoms with Gasteiger partial charge in [-0.05, 0) is 15.9 Å². The summed E-state index contributed by atoms with van der Waals surface area (Å²) in [6.07, 6.45) is 0.890. The maximum atomic E-state index is 10.2. The molecule has 1 aromatic rings. The number of aliphatic hydroxyl groups excluding tert-OH is 1. The Morgan fingerprint density at radius 2 is 2.55 bits per heavy atom. The first kappa shape index (κ1) is 8.42. The van der Waals surface area contributed by atoms with E-state index in [-0.39, 0.29) is 0 Å². The minimum Gasteiger partial charge on any atom is -0.379 e. The van der Waals surface area contributed by atoms with E-state index in [0.29, 0.717) is 16.5 Å². The summed E-state index contributed by atoms with van der Waals surface area (Å²) in [4.78, 5) is 10.2. The molecule has 0 aromatic carbocycles. The minimum atomic E-state index is -1.10. The van der Waals surface area contributed by atoms with Crippen molar-refractivity contribution in [3.05, 3.63) is 16.4 Å². The number of nitrogens with zero attached hydrogens (tertiary/aromatic N) is 2. The predicted molar refractivity (Wildman–Crippen MR) is 41.9 cm³/mol. The van der Waals surface area contributed by atoms with E-state index in [0.717, 1.165) is 0 Å². The molecule has 1 unspecified atom stereocenters. The number of carbonyl (C=O) groups is 1. The lowest BCUT2D eigenvalue weighted by atomic mass is 10.3. The Morgan fingerprint density at radius 3 is 2.91 bits per heavy atom. The number of aryl methyl sites for hydroxylation is 1. The van der Waals surface area contributed by atoms with Crippen LogP contribution in [0.15, 0.2) is 10.7 Å². The van der Waals surface area contributed by atoms with Crippen molar-refractivity contribution in [2.75, 3.05) is 0 Å². The average molecular weight is 219 g/mol. The second kappa shape index (κ2) is 3.15. The second-order valence-corrected chi connectivity index (χ2v) is 2.94. The molecular formula is C6H7BrN2O2. The summed E-state index contributed by atoms with van der Waals surface area (Å²) in [6.45, 7) is 0. The lowest BCUT2D eigenvalue weighted by molar-refractivity contribution is -0.115. The van der Waals surface area contributed by atoms with Crippen LogP contribution in [0.1, 0.15) is 11.8 Å². The third-order valence-corrected chi connectivity index (χ3v) is 1.96. The number of aliphatic hydroxyl groups is 1. The fourth-order valence-corrected chi connectivity index (χ4v) is 1.40. The molecule has 1 N–H and O–H groups in total. The maximum absolute atomic E-state index is 10.2. The van der Waals surface area contributed by atoms with Crippen molar-refractivity contribution in [2.45, 2.75) is 6.10 Å². The van der Waals surface area contributed by atoms with Crippen LogP contribution in [0, 0.1) is 0 Å². The highest BCUT2D eigenvalue weighted by Crippen LogP contribution is 2.20. The van der Waals surface area contributed by atoms with Gasteiger partial charge in [-0.25, -0.2) is 0 Å². The number of rotatable bonds is 2. The van der Waals surface area contributed by atoms with Crippen molar-refractivity contribution < 1.29 is 9.90 Å². The minimum absolute atomic E-state index is 0.460. The van der Waals surface area contributed by atoms with E-state index in [1.807, 2.05) is 0 Å². The van der Waals surface area contributed by atoms with Crippen LogP contribution in [-0.2, 0) is 11.8 Å². The Labute approximate surface area is 72.0 Å². The molecule has 5 heteroatoms. The molecule has 0 amide bonds. The first-order valence-electron chi connectivity index (χ1n) is 2.97. The lowest BCUT2D eigenvalue weighted by Crippen LogP contribution is -2.06. The molecule has 0 spiro atoms. The van der Waals surface area contributed by atoms with Crippen molar-refractivity contribution >= 4 is 22.2 Å². The first-order valence-corrected chi connectivity index (χ1v) is 3.77. The molecule has 0 aliphatic heterocycles. The summed E-state index contributed by atoms with van der Waals surface area (Å²) >= 11 is 3.16. The average Bonchev–Trinajstić information content (AvgIpc) is 2.30. The molecule has 1 aromatic heterocycles. The van der Waals surface area contributed by atoms with Gasteiger partial charge in [-0.1, -0.05) is 0 Å². The van der Waals surface area contributed by atoms with Gasteiger partial charge < -0.3 is 9.90 Å². The maximum Gasteiger partial charge on any atom is 0.154 e. The van der Waals surface area contributed by atoms with Gasteiger partial charge in [0.15, 0.2) is 12.4 Å². The Balaban J connectivity index is 3.09. The molecule has 0 fully saturated rings. The fraction of sp³-hybridized carbons (Fsp3) is 0.333. The van der Waals surface area contributed by atoms with Crippen LogP contribution in [0.25, 0.3) is 0 Å². The molecule has 4 nitrogen and oxygen atoms in total. The van der Waals surface area contributed by atoms with Gasteiger partial charge in [0.1, 0.15) is 0 Å². The zero-order valence-electron chi connectivity index (χ0n) is 5.86. The molecule has 0 radical (unpaired) electrons. The van der Waals surface area contributed by atoms with Gasteiger partial charge in [-0.2, -0.15) is 5.10 Å². The first-order chi connectivity index (χ1) is 5.16. The van der Waals surface area contributed by atoms with Crippen LogP contribution in [0.2, 0.25) is 0 Å². The van der Waals surface area contributed by atoms with E-state index in [1.165, 1.54) is 10.9 Å². The van der Waals surface area contributed by atoms with Crippen molar-refractivity contribution in [2.24, 2.45) is 7.05 Å². The smallest absolute Gasteiger partial charge is 0.154 e. The zero-order chi connectivity index (χ0) is 8.43. The van der Waals surface area contributed by atoms with Crippen molar-refractivity contribution in [1.29, 1.82) is 0 Å². The van der Waals surface area contributed by atoms with Crippen LogP contribution < -0.4 is 0 Å². The molecule has 11 heavy (non-hydrogen) atoms. The number of halogens is 1. The Morgan fingerprint density at radius 1 is 1.91 bits per heavy atom. The Hall–Kier alpha value is -0.680. The molecule has 0 aliphatic carbocycles. The Bertz CT molecular complexity index is 252. The zero-order valence-corrected chi connectivity index (χ0v) is 7.45. The van der Waals surface area contributed by atoms with Crippen molar-refractivity contribution in [3.8, 4) is 0 Å². The summed E-state index contributed by atoms with van der Waals surface area (Å²) in [7, 11) is 1.66. The second-order valence-electron chi connectivity index (χ2n) is 2.08. The molecule has 60 valence electrons. The van der Waals surface area contributed by atoms with Gasteiger partial charge in [-0.3, -0.25) is 4.68 Å². The molecule has 0 saturated carbocycles. The van der Waals surface area contributed by atoms with Gasteiger partial charge in [0.25, 0.3) is 0 Å². The summed E-state index contributed by atoms with van der Waals surface area (Å²) < 4.78 is 2.09. The fourth-order valence-electron chi connectivity index (χ4n) is 0.817. The molecule has 1 heterocycles. The van der Waals surface area contributed by atoms with Gasteiger partial charge in [0.2, 0.25) is 0 Å². The molecular weight excluding hydrogens is 212 g/mol. The van der Waals surface area contributed by atoms with Crippen LogP contribution in [0.4, 0.5) is 0 Å². The highest BCUT2D eigenvalue weighted by molar-refractivity contribution is 9.10. The molecule has 0 bridgehead atoms. The van der Waals surface area contributed by atoms with Gasteiger partial charge >= 0.3 is 0 Å². The van der Waals surface area contributed by atoms with E-state index < -0.39 is 6.10 Å². The SMILES string of the molecule is Cn1ncc(Br)c1C(O)C=O. The molecule has 1 atom stereocenters. The highest BCUT2D eigenvalue weighted by atomic mass is 79.9.